The quantitative estimate of drug-likeness (QED) is 0.512. The van der Waals surface area contributed by atoms with Gasteiger partial charge in [0.15, 0.2) is 0 Å². The van der Waals surface area contributed by atoms with Crippen LogP contribution in [-0.2, 0) is 11.4 Å². The summed E-state index contributed by atoms with van der Waals surface area (Å²) in [6.45, 7) is 0.357. The predicted octanol–water partition coefficient (Wildman–Crippen LogP) is 3.44. The van der Waals surface area contributed by atoms with Crippen molar-refractivity contribution >= 4 is 21.8 Å². The summed E-state index contributed by atoms with van der Waals surface area (Å²) in [5, 5.41) is 4.03. The van der Waals surface area contributed by atoms with Gasteiger partial charge in [0.05, 0.1) is 7.11 Å². The zero-order valence-electron chi connectivity index (χ0n) is 11.1. The molecule has 1 aliphatic rings. The zero-order valence-corrected chi connectivity index (χ0v) is 12.6. The van der Waals surface area contributed by atoms with Crippen LogP contribution in [0.5, 0.6) is 5.75 Å². The monoisotopic (exact) mass is 326 g/mol. The number of amidine groups is 1. The molecule has 2 N–H and O–H groups in total. The first kappa shape index (κ1) is 14.2. The molecule has 0 aliphatic heterocycles. The van der Waals surface area contributed by atoms with Crippen molar-refractivity contribution in [1.82, 2.24) is 0 Å². The third-order valence-electron chi connectivity index (χ3n) is 3.41. The molecule has 0 saturated heterocycles. The van der Waals surface area contributed by atoms with E-state index >= 15 is 0 Å². The van der Waals surface area contributed by atoms with Crippen LogP contribution in [0.4, 0.5) is 0 Å². The van der Waals surface area contributed by atoms with Crippen molar-refractivity contribution in [2.75, 3.05) is 7.11 Å². The van der Waals surface area contributed by atoms with E-state index in [9.17, 15) is 0 Å². The van der Waals surface area contributed by atoms with Gasteiger partial charge in [-0.25, -0.2) is 0 Å². The fourth-order valence-corrected chi connectivity index (χ4v) is 2.74. The summed E-state index contributed by atoms with van der Waals surface area (Å²) in [5.74, 6) is 1.80. The summed E-state index contributed by atoms with van der Waals surface area (Å²) in [5.41, 5.74) is 6.87. The Morgan fingerprint density at radius 2 is 2.16 bits per heavy atom. The molecule has 5 heteroatoms. The number of hydrogen-bond acceptors (Lipinski definition) is 3. The Balaban J connectivity index is 1.94. The van der Waals surface area contributed by atoms with Crippen LogP contribution in [0.2, 0.25) is 0 Å². The van der Waals surface area contributed by atoms with E-state index in [-0.39, 0.29) is 0 Å². The number of benzene rings is 1. The SMILES string of the molecule is COc1ccc(Br)cc1CO/N=C(/N)C1CCCC1. The number of oxime groups is 1. The summed E-state index contributed by atoms with van der Waals surface area (Å²) in [7, 11) is 1.64. The normalized spacial score (nSPS) is 16.6. The van der Waals surface area contributed by atoms with Gasteiger partial charge in [0.25, 0.3) is 0 Å². The van der Waals surface area contributed by atoms with Crippen molar-refractivity contribution in [1.29, 1.82) is 0 Å². The topological polar surface area (TPSA) is 56.8 Å². The largest absolute Gasteiger partial charge is 0.496 e. The molecule has 2 rings (SSSR count). The second kappa shape index (κ2) is 6.80. The van der Waals surface area contributed by atoms with Crippen molar-refractivity contribution in [3.8, 4) is 5.75 Å². The smallest absolute Gasteiger partial charge is 0.146 e. The highest BCUT2D eigenvalue weighted by atomic mass is 79.9. The van der Waals surface area contributed by atoms with Crippen LogP contribution < -0.4 is 10.5 Å². The number of halogens is 1. The van der Waals surface area contributed by atoms with Crippen LogP contribution in [0.3, 0.4) is 0 Å². The molecule has 0 radical (unpaired) electrons. The lowest BCUT2D eigenvalue weighted by molar-refractivity contribution is 0.126. The van der Waals surface area contributed by atoms with E-state index in [0.29, 0.717) is 18.4 Å². The van der Waals surface area contributed by atoms with Crippen LogP contribution in [0, 0.1) is 5.92 Å². The van der Waals surface area contributed by atoms with Gasteiger partial charge in [-0.2, -0.15) is 0 Å². The summed E-state index contributed by atoms with van der Waals surface area (Å²) in [6, 6.07) is 5.78. The zero-order chi connectivity index (χ0) is 13.7. The van der Waals surface area contributed by atoms with Crippen molar-refractivity contribution in [3.05, 3.63) is 28.2 Å². The average molecular weight is 327 g/mol. The lowest BCUT2D eigenvalue weighted by Crippen LogP contribution is -2.21. The number of nitrogens with zero attached hydrogens (tertiary/aromatic N) is 1. The van der Waals surface area contributed by atoms with Gasteiger partial charge in [0.1, 0.15) is 18.2 Å². The molecule has 1 fully saturated rings. The minimum Gasteiger partial charge on any atom is -0.496 e. The van der Waals surface area contributed by atoms with Crippen LogP contribution in [-0.4, -0.2) is 12.9 Å². The fourth-order valence-electron chi connectivity index (χ4n) is 2.33. The number of rotatable bonds is 5. The molecule has 1 aliphatic carbocycles. The minimum absolute atomic E-state index is 0.357. The fraction of sp³-hybridized carbons (Fsp3) is 0.500. The standard InChI is InChI=1S/C14H19BrN2O2/c1-18-13-7-6-12(15)8-11(13)9-19-17-14(16)10-4-2-3-5-10/h6-8,10H,2-5,9H2,1H3,(H2,16,17). The van der Waals surface area contributed by atoms with E-state index in [1.165, 1.54) is 12.8 Å². The highest BCUT2D eigenvalue weighted by Gasteiger charge is 2.19. The molecule has 1 aromatic carbocycles. The van der Waals surface area contributed by atoms with E-state index in [0.717, 1.165) is 28.6 Å². The van der Waals surface area contributed by atoms with Crippen LogP contribution >= 0.6 is 15.9 Å². The highest BCUT2D eigenvalue weighted by Crippen LogP contribution is 2.26. The van der Waals surface area contributed by atoms with Crippen molar-refractivity contribution < 1.29 is 9.57 Å². The molecule has 0 atom stereocenters. The predicted molar refractivity (Wildman–Crippen MR) is 79.1 cm³/mol. The van der Waals surface area contributed by atoms with E-state index in [1.807, 2.05) is 18.2 Å². The molecule has 4 nitrogen and oxygen atoms in total. The number of methoxy groups -OCH3 is 1. The summed E-state index contributed by atoms with van der Waals surface area (Å²) >= 11 is 3.43. The molecule has 1 aromatic rings. The molecule has 1 saturated carbocycles. The van der Waals surface area contributed by atoms with Gasteiger partial charge in [0, 0.05) is 16.0 Å². The number of nitrogens with two attached hydrogens (primary N) is 1. The third kappa shape index (κ3) is 3.86. The Labute approximate surface area is 122 Å². The Morgan fingerprint density at radius 3 is 2.84 bits per heavy atom. The first-order chi connectivity index (χ1) is 9.20. The first-order valence-corrected chi connectivity index (χ1v) is 7.27. The minimum atomic E-state index is 0.357. The second-order valence-electron chi connectivity index (χ2n) is 4.73. The summed E-state index contributed by atoms with van der Waals surface area (Å²) in [6.07, 6.45) is 4.72. The van der Waals surface area contributed by atoms with E-state index in [1.54, 1.807) is 7.11 Å². The second-order valence-corrected chi connectivity index (χ2v) is 5.64. The van der Waals surface area contributed by atoms with Crippen LogP contribution in [0.1, 0.15) is 31.2 Å². The molecular weight excluding hydrogens is 308 g/mol. The molecule has 0 bridgehead atoms. The number of ether oxygens (including phenoxy) is 1. The molecule has 0 unspecified atom stereocenters. The first-order valence-electron chi connectivity index (χ1n) is 6.48. The maximum absolute atomic E-state index is 5.93. The molecular formula is C14H19BrN2O2. The van der Waals surface area contributed by atoms with E-state index in [4.69, 9.17) is 15.3 Å². The third-order valence-corrected chi connectivity index (χ3v) is 3.90. The van der Waals surface area contributed by atoms with Gasteiger partial charge in [0.2, 0.25) is 0 Å². The van der Waals surface area contributed by atoms with Gasteiger partial charge in [-0.3, -0.25) is 0 Å². The van der Waals surface area contributed by atoms with Crippen LogP contribution in [0.15, 0.2) is 27.8 Å². The van der Waals surface area contributed by atoms with E-state index in [2.05, 4.69) is 21.1 Å². The van der Waals surface area contributed by atoms with Gasteiger partial charge < -0.3 is 15.3 Å². The highest BCUT2D eigenvalue weighted by molar-refractivity contribution is 9.10. The maximum Gasteiger partial charge on any atom is 0.146 e. The maximum atomic E-state index is 5.93. The molecule has 0 spiro atoms. The van der Waals surface area contributed by atoms with Gasteiger partial charge in [-0.15, -0.1) is 0 Å². The van der Waals surface area contributed by atoms with Crippen LogP contribution in [0.25, 0.3) is 0 Å². The lowest BCUT2D eigenvalue weighted by atomic mass is 10.1. The Hall–Kier alpha value is -1.23. The van der Waals surface area contributed by atoms with Gasteiger partial charge in [-0.05, 0) is 31.0 Å². The molecule has 0 amide bonds. The summed E-state index contributed by atoms with van der Waals surface area (Å²) in [4.78, 5) is 5.35. The number of hydrogen-bond donors (Lipinski definition) is 1. The van der Waals surface area contributed by atoms with Crippen molar-refractivity contribution in [3.63, 3.8) is 0 Å². The van der Waals surface area contributed by atoms with Gasteiger partial charge in [-0.1, -0.05) is 33.9 Å². The Bertz CT molecular complexity index is 457. The lowest BCUT2D eigenvalue weighted by Gasteiger charge is -2.10. The van der Waals surface area contributed by atoms with Crippen molar-refractivity contribution in [2.45, 2.75) is 32.3 Å². The Morgan fingerprint density at radius 1 is 1.42 bits per heavy atom. The van der Waals surface area contributed by atoms with Gasteiger partial charge >= 0.3 is 0 Å². The van der Waals surface area contributed by atoms with E-state index < -0.39 is 0 Å². The Kier molecular flexibility index (Phi) is 5.07. The molecule has 0 aromatic heterocycles. The average Bonchev–Trinajstić information content (AvgIpc) is 2.93. The molecule has 0 heterocycles. The molecule has 104 valence electrons. The molecule has 19 heavy (non-hydrogen) atoms. The summed E-state index contributed by atoms with van der Waals surface area (Å²) < 4.78 is 6.26. The van der Waals surface area contributed by atoms with Crippen molar-refractivity contribution in [2.24, 2.45) is 16.8 Å².